The zero-order valence-electron chi connectivity index (χ0n) is 9.74. The van der Waals surface area contributed by atoms with Crippen LogP contribution in [0.4, 0.5) is 15.3 Å². The molecule has 0 radical (unpaired) electrons. The minimum atomic E-state index is -0.588. The predicted molar refractivity (Wildman–Crippen MR) is 68.9 cm³/mol. The van der Waals surface area contributed by atoms with Crippen LogP contribution in [-0.4, -0.2) is 21.6 Å². The number of amides is 1. The number of hydrogen-bond donors (Lipinski definition) is 2. The van der Waals surface area contributed by atoms with E-state index in [0.717, 1.165) is 0 Å². The number of halogens is 1. The minimum Gasteiger partial charge on any atom is -0.293 e. The number of carbonyl (C=O) groups is 1. The van der Waals surface area contributed by atoms with Crippen molar-refractivity contribution in [1.29, 1.82) is 0 Å². The maximum Gasteiger partial charge on any atom is 0.271 e. The van der Waals surface area contributed by atoms with Crippen LogP contribution in [0.15, 0.2) is 23.2 Å². The quantitative estimate of drug-likeness (QED) is 0.164. The van der Waals surface area contributed by atoms with E-state index in [4.69, 9.17) is 5.84 Å². The highest BCUT2D eigenvalue weighted by Gasteiger charge is 2.13. The number of non-ortho nitro benzene ring substituents is 1. The van der Waals surface area contributed by atoms with Gasteiger partial charge in [0.05, 0.1) is 10.6 Å². The van der Waals surface area contributed by atoms with Crippen molar-refractivity contribution in [2.24, 2.45) is 10.8 Å². The summed E-state index contributed by atoms with van der Waals surface area (Å²) in [6, 6.07) is 3.99. The predicted octanol–water partition coefficient (Wildman–Crippen LogP) is 1.35. The first-order valence-corrected chi connectivity index (χ1v) is 5.54. The number of nitrogens with one attached hydrogen (secondary N) is 1. The Balaban J connectivity index is 3.23. The van der Waals surface area contributed by atoms with Crippen molar-refractivity contribution < 1.29 is 13.6 Å². The fraction of sp³-hybridized carbons (Fsp3) is 0.111. The van der Waals surface area contributed by atoms with E-state index in [-0.39, 0.29) is 23.7 Å². The van der Waals surface area contributed by atoms with Gasteiger partial charge in [-0.05, 0) is 12.5 Å². The second-order valence-corrected chi connectivity index (χ2v) is 3.84. The Morgan fingerprint density at radius 1 is 1.68 bits per heavy atom. The third-order valence-electron chi connectivity index (χ3n) is 2.14. The number of carbonyl (C=O) groups excluding carboxylic acids is 1. The number of nitrogens with two attached hydrogens (primary N) is 1. The summed E-state index contributed by atoms with van der Waals surface area (Å²) in [6.07, 6.45) is 0.163. The van der Waals surface area contributed by atoms with Crippen LogP contribution in [0.2, 0.25) is 0 Å². The molecule has 0 aliphatic carbocycles. The number of hydrogen-bond acceptors (Lipinski definition) is 6. The number of aryl methyl sites for hydroxylation is 1. The Kier molecular flexibility index (Phi) is 5.21. The topological polar surface area (TPSA) is 114 Å². The molecule has 8 nitrogen and oxygen atoms in total. The van der Waals surface area contributed by atoms with Crippen molar-refractivity contribution in [2.75, 3.05) is 0 Å². The molecule has 1 amide bonds. The van der Waals surface area contributed by atoms with Gasteiger partial charge in [-0.1, -0.05) is 6.07 Å². The molecule has 0 spiro atoms. The summed E-state index contributed by atoms with van der Waals surface area (Å²) >= 11 is -0.404. The van der Waals surface area contributed by atoms with Crippen LogP contribution < -0.4 is 11.3 Å². The highest BCUT2D eigenvalue weighted by molar-refractivity contribution is 7.92. The SMILES string of the molecule is Cc1ccc([N+](=O)[O-])cc1N=C(NN)N(C=O)SF. The Morgan fingerprint density at radius 3 is 2.84 bits per heavy atom. The van der Waals surface area contributed by atoms with Gasteiger partial charge in [-0.3, -0.25) is 20.3 Å². The second-order valence-electron chi connectivity index (χ2n) is 3.31. The molecule has 19 heavy (non-hydrogen) atoms. The summed E-state index contributed by atoms with van der Waals surface area (Å²) in [6.45, 7) is 1.66. The van der Waals surface area contributed by atoms with Gasteiger partial charge in [-0.15, -0.1) is 3.89 Å². The molecule has 0 atom stereocenters. The zero-order chi connectivity index (χ0) is 14.4. The fourth-order valence-electron chi connectivity index (χ4n) is 1.19. The summed E-state index contributed by atoms with van der Waals surface area (Å²) in [4.78, 5) is 24.5. The number of aliphatic imine (C=N–C) groups is 1. The van der Waals surface area contributed by atoms with E-state index in [1.54, 1.807) is 6.92 Å². The molecule has 0 aliphatic heterocycles. The molecule has 0 aromatic heterocycles. The normalized spacial score (nSPS) is 11.0. The summed E-state index contributed by atoms with van der Waals surface area (Å²) < 4.78 is 12.9. The molecule has 1 aromatic rings. The molecule has 0 aliphatic rings. The van der Waals surface area contributed by atoms with E-state index in [0.29, 0.717) is 9.87 Å². The van der Waals surface area contributed by atoms with Gasteiger partial charge in [0.25, 0.3) is 5.69 Å². The number of benzene rings is 1. The molecule has 0 saturated heterocycles. The van der Waals surface area contributed by atoms with Crippen LogP contribution in [0.25, 0.3) is 0 Å². The average Bonchev–Trinajstić information content (AvgIpc) is 2.40. The lowest BCUT2D eigenvalue weighted by atomic mass is 10.2. The smallest absolute Gasteiger partial charge is 0.271 e. The van der Waals surface area contributed by atoms with E-state index < -0.39 is 17.3 Å². The first-order valence-electron chi connectivity index (χ1n) is 4.87. The molecule has 1 rings (SSSR count). The first-order chi connectivity index (χ1) is 9.03. The summed E-state index contributed by atoms with van der Waals surface area (Å²) in [5.74, 6) is 4.84. The molecule has 0 saturated carbocycles. The Labute approximate surface area is 112 Å². The van der Waals surface area contributed by atoms with E-state index in [9.17, 15) is 18.8 Å². The molecular weight excluding hydrogens is 277 g/mol. The van der Waals surface area contributed by atoms with Gasteiger partial charge in [-0.2, -0.15) is 4.31 Å². The standard InChI is InChI=1S/C9H10FN5O3S/c1-6-2-3-7(15(17)18)4-8(6)12-9(13-11)14(5-16)19-10/h2-5H,11H2,1H3,(H,12,13). The highest BCUT2D eigenvalue weighted by atomic mass is 32.2. The number of hydrazine groups is 1. The van der Waals surface area contributed by atoms with Crippen LogP contribution >= 0.6 is 12.3 Å². The van der Waals surface area contributed by atoms with Gasteiger partial charge in [-0.25, -0.2) is 10.8 Å². The lowest BCUT2D eigenvalue weighted by Crippen LogP contribution is -2.40. The van der Waals surface area contributed by atoms with E-state index in [1.807, 2.05) is 5.43 Å². The number of guanidine groups is 1. The van der Waals surface area contributed by atoms with Crippen molar-refractivity contribution >= 4 is 36.1 Å². The number of rotatable bonds is 4. The van der Waals surface area contributed by atoms with Crippen molar-refractivity contribution in [2.45, 2.75) is 6.92 Å². The van der Waals surface area contributed by atoms with Crippen molar-refractivity contribution in [3.05, 3.63) is 33.9 Å². The lowest BCUT2D eigenvalue weighted by molar-refractivity contribution is -0.384. The van der Waals surface area contributed by atoms with E-state index in [1.165, 1.54) is 18.2 Å². The van der Waals surface area contributed by atoms with Crippen molar-refractivity contribution in [1.82, 2.24) is 9.73 Å². The van der Waals surface area contributed by atoms with Gasteiger partial charge in [0.15, 0.2) is 12.3 Å². The molecule has 0 heterocycles. The Morgan fingerprint density at radius 2 is 2.37 bits per heavy atom. The van der Waals surface area contributed by atoms with Crippen LogP contribution in [0.1, 0.15) is 5.56 Å². The molecule has 0 bridgehead atoms. The molecule has 0 unspecified atom stereocenters. The fourth-order valence-corrected chi connectivity index (χ4v) is 1.38. The van der Waals surface area contributed by atoms with Gasteiger partial charge in [0.2, 0.25) is 12.4 Å². The van der Waals surface area contributed by atoms with Crippen molar-refractivity contribution in [3.63, 3.8) is 0 Å². The second kappa shape index (κ2) is 6.66. The molecular formula is C9H10FN5O3S. The number of nitrogens with zero attached hydrogens (tertiary/aromatic N) is 3. The van der Waals surface area contributed by atoms with Crippen LogP contribution in [0, 0.1) is 17.0 Å². The van der Waals surface area contributed by atoms with Gasteiger partial charge < -0.3 is 0 Å². The number of nitro benzene ring substituents is 1. The zero-order valence-corrected chi connectivity index (χ0v) is 10.6. The van der Waals surface area contributed by atoms with Crippen LogP contribution in [0.3, 0.4) is 0 Å². The monoisotopic (exact) mass is 287 g/mol. The van der Waals surface area contributed by atoms with Crippen molar-refractivity contribution in [3.8, 4) is 0 Å². The lowest BCUT2D eigenvalue weighted by Gasteiger charge is -2.12. The maximum absolute atomic E-state index is 12.4. The third kappa shape index (κ3) is 3.63. The average molecular weight is 287 g/mol. The third-order valence-corrected chi connectivity index (χ3v) is 2.55. The van der Waals surface area contributed by atoms with E-state index >= 15 is 0 Å². The molecule has 10 heteroatoms. The summed E-state index contributed by atoms with van der Waals surface area (Å²) in [5.41, 5.74) is 2.67. The largest absolute Gasteiger partial charge is 0.293 e. The minimum absolute atomic E-state index is 0.163. The highest BCUT2D eigenvalue weighted by Crippen LogP contribution is 2.25. The Hall–Kier alpha value is -2.20. The Bertz CT molecular complexity index is 525. The first kappa shape index (κ1) is 14.9. The molecule has 1 aromatic carbocycles. The molecule has 0 fully saturated rings. The molecule has 3 N–H and O–H groups in total. The van der Waals surface area contributed by atoms with E-state index in [2.05, 4.69) is 4.99 Å². The van der Waals surface area contributed by atoms with Crippen LogP contribution in [-0.2, 0) is 4.79 Å². The maximum atomic E-state index is 12.4. The van der Waals surface area contributed by atoms with Crippen LogP contribution in [0.5, 0.6) is 0 Å². The van der Waals surface area contributed by atoms with Gasteiger partial charge in [0.1, 0.15) is 0 Å². The number of nitro groups is 1. The summed E-state index contributed by atoms with van der Waals surface area (Å²) in [7, 11) is 0. The van der Waals surface area contributed by atoms with Gasteiger partial charge >= 0.3 is 0 Å². The summed E-state index contributed by atoms with van der Waals surface area (Å²) in [5, 5.41) is 10.7. The molecule has 102 valence electrons. The van der Waals surface area contributed by atoms with Gasteiger partial charge in [0, 0.05) is 12.1 Å².